The standard InChI is InChI=1S/C14H21NO2/c1-11(15-10-12-6-5-9-17-12)13-7-3-4-8-14(13)16-2/h3-4,7-8,11-12,15H,5-6,9-10H2,1-2H3/t11-,12-/m1/s1. The molecule has 3 heteroatoms. The third-order valence-electron chi connectivity index (χ3n) is 3.28. The summed E-state index contributed by atoms with van der Waals surface area (Å²) in [5.41, 5.74) is 1.20. The second-order valence-electron chi connectivity index (χ2n) is 4.51. The Morgan fingerprint density at radius 2 is 2.29 bits per heavy atom. The second-order valence-corrected chi connectivity index (χ2v) is 4.51. The molecule has 2 rings (SSSR count). The molecule has 0 aromatic heterocycles. The lowest BCUT2D eigenvalue weighted by molar-refractivity contribution is 0.108. The van der Waals surface area contributed by atoms with Crippen molar-refractivity contribution in [2.45, 2.75) is 31.9 Å². The van der Waals surface area contributed by atoms with E-state index in [9.17, 15) is 0 Å². The van der Waals surface area contributed by atoms with E-state index in [1.54, 1.807) is 7.11 Å². The van der Waals surface area contributed by atoms with Gasteiger partial charge in [-0.25, -0.2) is 0 Å². The topological polar surface area (TPSA) is 30.5 Å². The van der Waals surface area contributed by atoms with Crippen LogP contribution in [-0.4, -0.2) is 26.4 Å². The maximum absolute atomic E-state index is 5.60. The lowest BCUT2D eigenvalue weighted by Crippen LogP contribution is -2.28. The molecule has 0 amide bonds. The maximum atomic E-state index is 5.60. The average molecular weight is 235 g/mol. The first kappa shape index (κ1) is 12.4. The number of rotatable bonds is 5. The molecule has 17 heavy (non-hydrogen) atoms. The van der Waals surface area contributed by atoms with Crippen molar-refractivity contribution in [1.82, 2.24) is 5.32 Å². The van der Waals surface area contributed by atoms with Gasteiger partial charge in [0.05, 0.1) is 13.2 Å². The maximum Gasteiger partial charge on any atom is 0.123 e. The van der Waals surface area contributed by atoms with E-state index in [1.807, 2.05) is 18.2 Å². The number of nitrogens with one attached hydrogen (secondary N) is 1. The van der Waals surface area contributed by atoms with Crippen molar-refractivity contribution in [3.05, 3.63) is 29.8 Å². The molecule has 94 valence electrons. The normalized spacial score (nSPS) is 21.4. The molecule has 0 unspecified atom stereocenters. The van der Waals surface area contributed by atoms with Gasteiger partial charge in [-0.2, -0.15) is 0 Å². The van der Waals surface area contributed by atoms with Crippen LogP contribution in [-0.2, 0) is 4.74 Å². The van der Waals surface area contributed by atoms with E-state index >= 15 is 0 Å². The quantitative estimate of drug-likeness (QED) is 0.850. The molecule has 1 fully saturated rings. The molecule has 1 aromatic rings. The van der Waals surface area contributed by atoms with Crippen LogP contribution in [0.1, 0.15) is 31.4 Å². The Kier molecular flexibility index (Phi) is 4.40. The number of benzene rings is 1. The predicted molar refractivity (Wildman–Crippen MR) is 68.4 cm³/mol. The molecule has 0 saturated carbocycles. The van der Waals surface area contributed by atoms with Gasteiger partial charge in [-0.05, 0) is 25.8 Å². The van der Waals surface area contributed by atoms with Crippen LogP contribution < -0.4 is 10.1 Å². The largest absolute Gasteiger partial charge is 0.496 e. The Balaban J connectivity index is 1.91. The fraction of sp³-hybridized carbons (Fsp3) is 0.571. The summed E-state index contributed by atoms with van der Waals surface area (Å²) in [4.78, 5) is 0. The molecule has 1 aliphatic rings. The minimum absolute atomic E-state index is 0.287. The zero-order valence-electron chi connectivity index (χ0n) is 10.6. The van der Waals surface area contributed by atoms with Crippen LogP contribution in [0.15, 0.2) is 24.3 Å². The third kappa shape index (κ3) is 3.20. The Bertz CT molecular complexity index is 348. The van der Waals surface area contributed by atoms with Crippen molar-refractivity contribution >= 4 is 0 Å². The van der Waals surface area contributed by atoms with Crippen molar-refractivity contribution in [2.24, 2.45) is 0 Å². The molecule has 1 saturated heterocycles. The molecule has 1 aromatic carbocycles. The molecular weight excluding hydrogens is 214 g/mol. The van der Waals surface area contributed by atoms with Crippen LogP contribution in [0.3, 0.4) is 0 Å². The lowest BCUT2D eigenvalue weighted by atomic mass is 10.1. The second kappa shape index (κ2) is 6.03. The van der Waals surface area contributed by atoms with E-state index in [4.69, 9.17) is 9.47 Å². The molecule has 1 N–H and O–H groups in total. The van der Waals surface area contributed by atoms with Gasteiger partial charge in [0.1, 0.15) is 5.75 Å². The predicted octanol–water partition coefficient (Wildman–Crippen LogP) is 2.52. The molecular formula is C14H21NO2. The van der Waals surface area contributed by atoms with Gasteiger partial charge >= 0.3 is 0 Å². The molecule has 0 aliphatic carbocycles. The van der Waals surface area contributed by atoms with Crippen LogP contribution in [0.25, 0.3) is 0 Å². The average Bonchev–Trinajstić information content (AvgIpc) is 2.89. The summed E-state index contributed by atoms with van der Waals surface area (Å²) in [6.45, 7) is 3.99. The number of hydrogen-bond acceptors (Lipinski definition) is 3. The third-order valence-corrected chi connectivity index (χ3v) is 3.28. The molecule has 0 radical (unpaired) electrons. The number of methoxy groups -OCH3 is 1. The summed E-state index contributed by atoms with van der Waals surface area (Å²) in [5, 5.41) is 3.51. The minimum atomic E-state index is 0.287. The van der Waals surface area contributed by atoms with Crippen molar-refractivity contribution in [2.75, 3.05) is 20.3 Å². The fourth-order valence-electron chi connectivity index (χ4n) is 2.25. The van der Waals surface area contributed by atoms with Crippen molar-refractivity contribution in [3.8, 4) is 5.75 Å². The van der Waals surface area contributed by atoms with Gasteiger partial charge in [0.2, 0.25) is 0 Å². The zero-order chi connectivity index (χ0) is 12.1. The first-order chi connectivity index (χ1) is 8.31. The van der Waals surface area contributed by atoms with E-state index in [0.717, 1.165) is 18.9 Å². The summed E-state index contributed by atoms with van der Waals surface area (Å²) in [6.07, 6.45) is 2.74. The van der Waals surface area contributed by atoms with E-state index < -0.39 is 0 Å². The van der Waals surface area contributed by atoms with Crippen LogP contribution in [0.5, 0.6) is 5.75 Å². The van der Waals surface area contributed by atoms with E-state index in [1.165, 1.54) is 18.4 Å². The van der Waals surface area contributed by atoms with E-state index in [2.05, 4.69) is 18.3 Å². The van der Waals surface area contributed by atoms with E-state index in [-0.39, 0.29) is 6.04 Å². The lowest BCUT2D eigenvalue weighted by Gasteiger charge is -2.19. The highest BCUT2D eigenvalue weighted by Crippen LogP contribution is 2.24. The summed E-state index contributed by atoms with van der Waals surface area (Å²) in [6, 6.07) is 8.43. The van der Waals surface area contributed by atoms with Crippen molar-refractivity contribution < 1.29 is 9.47 Å². The summed E-state index contributed by atoms with van der Waals surface area (Å²) in [7, 11) is 1.71. The van der Waals surface area contributed by atoms with Crippen LogP contribution >= 0.6 is 0 Å². The molecule has 0 bridgehead atoms. The molecule has 3 nitrogen and oxygen atoms in total. The minimum Gasteiger partial charge on any atom is -0.496 e. The fourth-order valence-corrected chi connectivity index (χ4v) is 2.25. The Morgan fingerprint density at radius 1 is 1.47 bits per heavy atom. The molecule has 1 aliphatic heterocycles. The van der Waals surface area contributed by atoms with Crippen LogP contribution in [0.2, 0.25) is 0 Å². The Hall–Kier alpha value is -1.06. The Labute approximate surface area is 103 Å². The highest BCUT2D eigenvalue weighted by Gasteiger charge is 2.17. The number of hydrogen-bond donors (Lipinski definition) is 1. The van der Waals surface area contributed by atoms with Crippen LogP contribution in [0, 0.1) is 0 Å². The van der Waals surface area contributed by atoms with Crippen molar-refractivity contribution in [3.63, 3.8) is 0 Å². The van der Waals surface area contributed by atoms with Gasteiger partial charge in [0, 0.05) is 24.8 Å². The van der Waals surface area contributed by atoms with Gasteiger partial charge in [-0.1, -0.05) is 18.2 Å². The molecule has 0 spiro atoms. The van der Waals surface area contributed by atoms with Crippen LogP contribution in [0.4, 0.5) is 0 Å². The SMILES string of the molecule is COc1ccccc1[C@@H](C)NC[C@H]1CCCO1. The molecule has 1 heterocycles. The first-order valence-corrected chi connectivity index (χ1v) is 6.29. The van der Waals surface area contributed by atoms with Crippen molar-refractivity contribution in [1.29, 1.82) is 0 Å². The smallest absolute Gasteiger partial charge is 0.123 e. The summed E-state index contributed by atoms with van der Waals surface area (Å²) < 4.78 is 11.0. The number of ether oxygens (including phenoxy) is 2. The Morgan fingerprint density at radius 3 is 3.00 bits per heavy atom. The van der Waals surface area contributed by atoms with E-state index in [0.29, 0.717) is 6.10 Å². The zero-order valence-corrected chi connectivity index (χ0v) is 10.6. The van der Waals surface area contributed by atoms with Gasteiger partial charge in [-0.3, -0.25) is 0 Å². The highest BCUT2D eigenvalue weighted by molar-refractivity contribution is 5.35. The number of para-hydroxylation sites is 1. The van der Waals surface area contributed by atoms with Gasteiger partial charge in [0.15, 0.2) is 0 Å². The summed E-state index contributed by atoms with van der Waals surface area (Å²) >= 11 is 0. The highest BCUT2D eigenvalue weighted by atomic mass is 16.5. The first-order valence-electron chi connectivity index (χ1n) is 6.29. The van der Waals surface area contributed by atoms with Gasteiger partial charge in [0.25, 0.3) is 0 Å². The molecule has 2 atom stereocenters. The summed E-state index contributed by atoms with van der Waals surface area (Å²) in [5.74, 6) is 0.944. The monoisotopic (exact) mass is 235 g/mol. The van der Waals surface area contributed by atoms with Gasteiger partial charge < -0.3 is 14.8 Å². The van der Waals surface area contributed by atoms with Gasteiger partial charge in [-0.15, -0.1) is 0 Å².